The number of aryl methyl sites for hydroxylation is 1. The summed E-state index contributed by atoms with van der Waals surface area (Å²) in [4.78, 5) is 16.3. The molecule has 0 N–H and O–H groups in total. The van der Waals surface area contributed by atoms with Crippen molar-refractivity contribution in [3.63, 3.8) is 0 Å². The minimum Gasteiger partial charge on any atom is -0.292 e. The van der Waals surface area contributed by atoms with Gasteiger partial charge < -0.3 is 0 Å². The summed E-state index contributed by atoms with van der Waals surface area (Å²) in [6, 6.07) is 8.42. The summed E-state index contributed by atoms with van der Waals surface area (Å²) in [5.74, 6) is 1.27. The van der Waals surface area contributed by atoms with E-state index in [4.69, 9.17) is 0 Å². The average Bonchev–Trinajstić information content (AvgIpc) is 2.40. The molecular formula is C15H17IN2O. The molecule has 1 aromatic carbocycles. The Morgan fingerprint density at radius 2 is 1.89 bits per heavy atom. The largest absolute Gasteiger partial charge is 0.292 e. The van der Waals surface area contributed by atoms with E-state index in [1.165, 1.54) is 5.56 Å². The fourth-order valence-electron chi connectivity index (χ4n) is 1.93. The molecule has 3 nitrogen and oxygen atoms in total. The van der Waals surface area contributed by atoms with E-state index >= 15 is 0 Å². The lowest BCUT2D eigenvalue weighted by molar-refractivity contribution is 0.694. The number of hydrogen-bond acceptors (Lipinski definition) is 2. The summed E-state index contributed by atoms with van der Waals surface area (Å²) in [5.41, 5.74) is 2.47. The second-order valence-corrected chi connectivity index (χ2v) is 6.10. The highest BCUT2D eigenvalue weighted by molar-refractivity contribution is 14.1. The van der Waals surface area contributed by atoms with Crippen molar-refractivity contribution in [1.29, 1.82) is 0 Å². The van der Waals surface area contributed by atoms with Gasteiger partial charge in [-0.25, -0.2) is 4.98 Å². The molecule has 0 spiro atoms. The number of benzene rings is 1. The molecule has 2 rings (SSSR count). The Kier molecular flexibility index (Phi) is 4.39. The summed E-state index contributed by atoms with van der Waals surface area (Å²) in [7, 11) is 0. The van der Waals surface area contributed by atoms with Crippen molar-refractivity contribution in [3.05, 3.63) is 61.3 Å². The summed E-state index contributed by atoms with van der Waals surface area (Å²) < 4.78 is 2.37. The van der Waals surface area contributed by atoms with Crippen LogP contribution >= 0.6 is 22.6 Å². The van der Waals surface area contributed by atoms with Crippen LogP contribution in [0.15, 0.2) is 35.3 Å². The molecule has 0 atom stereocenters. The van der Waals surface area contributed by atoms with Crippen LogP contribution in [0.5, 0.6) is 0 Å². The third-order valence-corrected chi connectivity index (χ3v) is 3.93. The molecule has 19 heavy (non-hydrogen) atoms. The van der Waals surface area contributed by atoms with E-state index in [1.54, 1.807) is 10.8 Å². The van der Waals surface area contributed by atoms with E-state index < -0.39 is 0 Å². The van der Waals surface area contributed by atoms with Gasteiger partial charge in [0.1, 0.15) is 5.82 Å². The van der Waals surface area contributed by atoms with Crippen LogP contribution in [0.3, 0.4) is 0 Å². The first-order chi connectivity index (χ1) is 8.99. The van der Waals surface area contributed by atoms with Crippen molar-refractivity contribution in [2.45, 2.75) is 33.2 Å². The van der Waals surface area contributed by atoms with Gasteiger partial charge in [0.15, 0.2) is 0 Å². The predicted molar refractivity (Wildman–Crippen MR) is 85.6 cm³/mol. The molecule has 0 aliphatic heterocycles. The maximum atomic E-state index is 12.1. The van der Waals surface area contributed by atoms with Gasteiger partial charge in [0.25, 0.3) is 5.56 Å². The quantitative estimate of drug-likeness (QED) is 0.779. The number of nitrogens with zero attached hydrogens (tertiary/aromatic N) is 2. The van der Waals surface area contributed by atoms with Crippen LogP contribution in [0, 0.1) is 10.5 Å². The molecule has 1 heterocycles. The van der Waals surface area contributed by atoms with E-state index in [1.807, 2.05) is 29.5 Å². The molecule has 0 aliphatic carbocycles. The standard InChI is InChI=1S/C15H17IN2O/c1-10(2)13-6-4-12(5-7-13)9-18-11(3)17-8-14(16)15(18)19/h4-8,10H,9H2,1-3H3. The van der Waals surface area contributed by atoms with Gasteiger partial charge in [-0.3, -0.25) is 9.36 Å². The molecule has 0 fully saturated rings. The normalized spacial score (nSPS) is 11.0. The van der Waals surface area contributed by atoms with Crippen LogP contribution in [-0.2, 0) is 6.54 Å². The Labute approximate surface area is 126 Å². The van der Waals surface area contributed by atoms with Crippen molar-refractivity contribution < 1.29 is 0 Å². The Morgan fingerprint density at radius 1 is 1.26 bits per heavy atom. The molecule has 0 aliphatic rings. The second-order valence-electron chi connectivity index (χ2n) is 4.94. The van der Waals surface area contributed by atoms with Crippen LogP contribution in [-0.4, -0.2) is 9.55 Å². The maximum absolute atomic E-state index is 12.1. The van der Waals surface area contributed by atoms with E-state index in [-0.39, 0.29) is 5.56 Å². The van der Waals surface area contributed by atoms with Gasteiger partial charge in [0, 0.05) is 6.20 Å². The topological polar surface area (TPSA) is 34.9 Å². The van der Waals surface area contributed by atoms with Gasteiger partial charge in [-0.2, -0.15) is 0 Å². The van der Waals surface area contributed by atoms with Gasteiger partial charge in [-0.15, -0.1) is 0 Å². The first-order valence-corrected chi connectivity index (χ1v) is 7.37. The highest BCUT2D eigenvalue weighted by atomic mass is 127. The molecule has 0 radical (unpaired) electrons. The molecule has 0 unspecified atom stereocenters. The van der Waals surface area contributed by atoms with Gasteiger partial charge in [0.05, 0.1) is 10.1 Å². The van der Waals surface area contributed by atoms with E-state index in [2.05, 4.69) is 43.1 Å². The van der Waals surface area contributed by atoms with E-state index in [0.29, 0.717) is 16.0 Å². The number of aromatic nitrogens is 2. The lowest BCUT2D eigenvalue weighted by Crippen LogP contribution is -2.26. The van der Waals surface area contributed by atoms with Gasteiger partial charge >= 0.3 is 0 Å². The van der Waals surface area contributed by atoms with Crippen LogP contribution in [0.2, 0.25) is 0 Å². The van der Waals surface area contributed by atoms with Crippen molar-refractivity contribution in [2.75, 3.05) is 0 Å². The molecule has 0 saturated carbocycles. The fourth-order valence-corrected chi connectivity index (χ4v) is 2.36. The maximum Gasteiger partial charge on any atom is 0.267 e. The summed E-state index contributed by atoms with van der Waals surface area (Å²) in [6.45, 7) is 6.78. The summed E-state index contributed by atoms with van der Waals surface area (Å²) >= 11 is 2.03. The zero-order valence-corrected chi connectivity index (χ0v) is 13.5. The molecule has 4 heteroatoms. The van der Waals surface area contributed by atoms with Crippen LogP contribution < -0.4 is 5.56 Å². The Morgan fingerprint density at radius 3 is 2.47 bits per heavy atom. The fraction of sp³-hybridized carbons (Fsp3) is 0.333. The lowest BCUT2D eigenvalue weighted by atomic mass is 10.0. The zero-order chi connectivity index (χ0) is 14.0. The van der Waals surface area contributed by atoms with E-state index in [9.17, 15) is 4.79 Å². The Hall–Kier alpha value is -1.17. The number of rotatable bonds is 3. The second kappa shape index (κ2) is 5.86. The average molecular weight is 368 g/mol. The zero-order valence-electron chi connectivity index (χ0n) is 11.4. The van der Waals surface area contributed by atoms with Crippen molar-refractivity contribution in [1.82, 2.24) is 9.55 Å². The highest BCUT2D eigenvalue weighted by Gasteiger charge is 2.06. The van der Waals surface area contributed by atoms with Crippen LogP contribution in [0.25, 0.3) is 0 Å². The van der Waals surface area contributed by atoms with Gasteiger partial charge in [0.2, 0.25) is 0 Å². The lowest BCUT2D eigenvalue weighted by Gasteiger charge is -2.11. The molecule has 0 saturated heterocycles. The third kappa shape index (κ3) is 3.23. The molecule has 0 bridgehead atoms. The SMILES string of the molecule is Cc1ncc(I)c(=O)n1Cc1ccc(C(C)C)cc1. The predicted octanol–water partition coefficient (Wildman–Crippen LogP) is 3.33. The van der Waals surface area contributed by atoms with Crippen LogP contribution in [0.1, 0.15) is 36.7 Å². The number of hydrogen-bond donors (Lipinski definition) is 0. The monoisotopic (exact) mass is 368 g/mol. The summed E-state index contributed by atoms with van der Waals surface area (Å²) in [5, 5.41) is 0. The Balaban J connectivity index is 2.31. The summed E-state index contributed by atoms with van der Waals surface area (Å²) in [6.07, 6.45) is 1.62. The first kappa shape index (κ1) is 14.2. The third-order valence-electron chi connectivity index (χ3n) is 3.19. The smallest absolute Gasteiger partial charge is 0.267 e. The van der Waals surface area contributed by atoms with Gasteiger partial charge in [-0.1, -0.05) is 38.1 Å². The van der Waals surface area contributed by atoms with Crippen molar-refractivity contribution in [2.24, 2.45) is 0 Å². The number of halogens is 1. The molecule has 2 aromatic rings. The highest BCUT2D eigenvalue weighted by Crippen LogP contribution is 2.15. The van der Waals surface area contributed by atoms with E-state index in [0.717, 1.165) is 11.4 Å². The minimum atomic E-state index is 0.0287. The molecule has 100 valence electrons. The van der Waals surface area contributed by atoms with Crippen LogP contribution in [0.4, 0.5) is 0 Å². The molecular weight excluding hydrogens is 351 g/mol. The van der Waals surface area contributed by atoms with Crippen molar-refractivity contribution >= 4 is 22.6 Å². The molecule has 0 amide bonds. The Bertz CT molecular complexity index is 630. The first-order valence-electron chi connectivity index (χ1n) is 6.30. The molecule has 1 aromatic heterocycles. The minimum absolute atomic E-state index is 0.0287. The van der Waals surface area contributed by atoms with Crippen molar-refractivity contribution in [3.8, 4) is 0 Å². The van der Waals surface area contributed by atoms with Gasteiger partial charge in [-0.05, 0) is 46.6 Å².